The zero-order valence-electron chi connectivity index (χ0n) is 12.3. The van der Waals surface area contributed by atoms with Crippen LogP contribution in [0.5, 0.6) is 0 Å². The number of hydrogen-bond donors (Lipinski definition) is 0. The molecule has 1 aromatic rings. The Balaban J connectivity index is 1.37. The maximum Gasteiger partial charge on any atom is 0.105 e. The fourth-order valence-corrected chi connectivity index (χ4v) is 3.63. The molecule has 1 saturated heterocycles. The summed E-state index contributed by atoms with van der Waals surface area (Å²) in [6.45, 7) is 8.03. The van der Waals surface area contributed by atoms with Crippen LogP contribution in [0.1, 0.15) is 25.1 Å². The molecule has 1 aliphatic carbocycles. The molecule has 106 valence electrons. The third-order valence-corrected chi connectivity index (χ3v) is 4.94. The SMILES string of the molecule is Cc1nccn1CCN(C)CCN1C[C@H]2CC[C@@H]1C2. The maximum atomic E-state index is 4.27. The first-order valence-corrected chi connectivity index (χ1v) is 7.62. The van der Waals surface area contributed by atoms with Gasteiger partial charge in [0.1, 0.15) is 5.82 Å². The summed E-state index contributed by atoms with van der Waals surface area (Å²) >= 11 is 0. The van der Waals surface area contributed by atoms with Crippen LogP contribution in [-0.2, 0) is 6.54 Å². The molecule has 19 heavy (non-hydrogen) atoms. The van der Waals surface area contributed by atoms with Gasteiger partial charge in [-0.15, -0.1) is 0 Å². The number of likely N-dealkylation sites (tertiary alicyclic amines) is 1. The van der Waals surface area contributed by atoms with Crippen LogP contribution in [0.25, 0.3) is 0 Å². The second kappa shape index (κ2) is 5.63. The van der Waals surface area contributed by atoms with E-state index in [4.69, 9.17) is 0 Å². The second-order valence-electron chi connectivity index (χ2n) is 6.30. The van der Waals surface area contributed by atoms with Gasteiger partial charge in [-0.25, -0.2) is 4.98 Å². The van der Waals surface area contributed by atoms with E-state index in [2.05, 4.69) is 39.5 Å². The normalized spacial score (nSPS) is 26.7. The molecule has 2 bridgehead atoms. The lowest BCUT2D eigenvalue weighted by atomic mass is 10.1. The first-order chi connectivity index (χ1) is 9.22. The Bertz CT molecular complexity index is 414. The summed E-state index contributed by atoms with van der Waals surface area (Å²) < 4.78 is 2.23. The lowest BCUT2D eigenvalue weighted by Gasteiger charge is -2.28. The van der Waals surface area contributed by atoms with E-state index in [0.29, 0.717) is 0 Å². The monoisotopic (exact) mass is 262 g/mol. The van der Waals surface area contributed by atoms with E-state index in [1.807, 2.05) is 6.20 Å². The number of likely N-dealkylation sites (N-methyl/N-ethyl adjacent to an activating group) is 1. The van der Waals surface area contributed by atoms with E-state index in [9.17, 15) is 0 Å². The highest BCUT2D eigenvalue weighted by atomic mass is 15.2. The van der Waals surface area contributed by atoms with Crippen LogP contribution in [0.15, 0.2) is 12.4 Å². The van der Waals surface area contributed by atoms with E-state index < -0.39 is 0 Å². The lowest BCUT2D eigenvalue weighted by molar-refractivity contribution is 0.182. The van der Waals surface area contributed by atoms with Crippen molar-refractivity contribution in [2.75, 3.05) is 33.2 Å². The first-order valence-electron chi connectivity index (χ1n) is 7.62. The Kier molecular flexibility index (Phi) is 3.89. The summed E-state index contributed by atoms with van der Waals surface area (Å²) in [5.74, 6) is 2.13. The van der Waals surface area contributed by atoms with Gasteiger partial charge in [0.25, 0.3) is 0 Å². The molecular formula is C15H26N4. The molecule has 0 spiro atoms. The van der Waals surface area contributed by atoms with Gasteiger partial charge in [0, 0.05) is 51.2 Å². The van der Waals surface area contributed by atoms with Crippen LogP contribution in [0, 0.1) is 12.8 Å². The highest BCUT2D eigenvalue weighted by Crippen LogP contribution is 2.36. The molecule has 0 unspecified atom stereocenters. The molecule has 0 aromatic carbocycles. The molecule has 2 atom stereocenters. The largest absolute Gasteiger partial charge is 0.334 e. The van der Waals surface area contributed by atoms with Crippen LogP contribution < -0.4 is 0 Å². The average Bonchev–Trinajstić information content (AvgIpc) is 3.10. The van der Waals surface area contributed by atoms with Crippen LogP contribution in [-0.4, -0.2) is 58.6 Å². The number of hydrogen-bond acceptors (Lipinski definition) is 3. The minimum atomic E-state index is 0.911. The number of aryl methyl sites for hydroxylation is 1. The van der Waals surface area contributed by atoms with Gasteiger partial charge in [-0.2, -0.15) is 0 Å². The van der Waals surface area contributed by atoms with Crippen LogP contribution in [0.4, 0.5) is 0 Å². The summed E-state index contributed by atoms with van der Waals surface area (Å²) in [5.41, 5.74) is 0. The predicted octanol–water partition coefficient (Wildman–Crippen LogP) is 1.61. The standard InChI is InChI=1S/C15H26N4/c1-13-16-5-6-18(13)9-7-17(2)8-10-19-12-14-3-4-15(19)11-14/h5-6,14-15H,3-4,7-12H2,1-2H3/t14-,15+/m0/s1. The minimum absolute atomic E-state index is 0.911. The third kappa shape index (κ3) is 3.00. The van der Waals surface area contributed by atoms with Crippen LogP contribution in [0.3, 0.4) is 0 Å². The molecule has 4 heteroatoms. The molecule has 2 heterocycles. The molecule has 2 aliphatic rings. The quantitative estimate of drug-likeness (QED) is 0.778. The van der Waals surface area contributed by atoms with Crippen molar-refractivity contribution in [1.82, 2.24) is 19.4 Å². The maximum absolute atomic E-state index is 4.27. The average molecular weight is 262 g/mol. The third-order valence-electron chi connectivity index (χ3n) is 4.94. The van der Waals surface area contributed by atoms with Crippen molar-refractivity contribution in [2.24, 2.45) is 5.92 Å². The van der Waals surface area contributed by atoms with Gasteiger partial charge >= 0.3 is 0 Å². The molecule has 1 saturated carbocycles. The molecule has 0 amide bonds. The Morgan fingerprint density at radius 2 is 2.16 bits per heavy atom. The molecule has 1 aliphatic heterocycles. The zero-order chi connectivity index (χ0) is 13.2. The number of rotatable bonds is 6. The molecule has 4 nitrogen and oxygen atoms in total. The number of fused-ring (bicyclic) bond motifs is 2. The smallest absolute Gasteiger partial charge is 0.105 e. The van der Waals surface area contributed by atoms with Gasteiger partial charge in [0.05, 0.1) is 0 Å². The topological polar surface area (TPSA) is 24.3 Å². The molecular weight excluding hydrogens is 236 g/mol. The summed E-state index contributed by atoms with van der Waals surface area (Å²) in [7, 11) is 2.24. The fourth-order valence-electron chi connectivity index (χ4n) is 3.63. The van der Waals surface area contributed by atoms with Crippen molar-refractivity contribution in [3.8, 4) is 0 Å². The van der Waals surface area contributed by atoms with Crippen LogP contribution >= 0.6 is 0 Å². The van der Waals surface area contributed by atoms with E-state index in [1.165, 1.54) is 38.9 Å². The van der Waals surface area contributed by atoms with Crippen molar-refractivity contribution in [1.29, 1.82) is 0 Å². The number of aromatic nitrogens is 2. The van der Waals surface area contributed by atoms with Gasteiger partial charge in [-0.3, -0.25) is 4.90 Å². The number of nitrogens with zero attached hydrogens (tertiary/aromatic N) is 4. The highest BCUT2D eigenvalue weighted by Gasteiger charge is 2.37. The summed E-state index contributed by atoms with van der Waals surface area (Å²) in [5, 5.41) is 0. The van der Waals surface area contributed by atoms with Gasteiger partial charge in [-0.05, 0) is 39.2 Å². The number of imidazole rings is 1. The Hall–Kier alpha value is -0.870. The van der Waals surface area contributed by atoms with E-state index >= 15 is 0 Å². The van der Waals surface area contributed by atoms with Gasteiger partial charge in [0.15, 0.2) is 0 Å². The van der Waals surface area contributed by atoms with Crippen molar-refractivity contribution >= 4 is 0 Å². The lowest BCUT2D eigenvalue weighted by Crippen LogP contribution is -2.38. The van der Waals surface area contributed by atoms with Gasteiger partial charge < -0.3 is 9.47 Å². The summed E-state index contributed by atoms with van der Waals surface area (Å²) in [6.07, 6.45) is 8.36. The first kappa shape index (κ1) is 13.1. The van der Waals surface area contributed by atoms with E-state index in [1.54, 1.807) is 0 Å². The van der Waals surface area contributed by atoms with Crippen molar-refractivity contribution in [3.05, 3.63) is 18.2 Å². The predicted molar refractivity (Wildman–Crippen MR) is 77.2 cm³/mol. The minimum Gasteiger partial charge on any atom is -0.334 e. The zero-order valence-corrected chi connectivity index (χ0v) is 12.3. The highest BCUT2D eigenvalue weighted by molar-refractivity contribution is 4.92. The Morgan fingerprint density at radius 1 is 1.32 bits per heavy atom. The fraction of sp³-hybridized carbons (Fsp3) is 0.800. The Labute approximate surface area is 116 Å². The Morgan fingerprint density at radius 3 is 2.79 bits per heavy atom. The second-order valence-corrected chi connectivity index (χ2v) is 6.30. The molecule has 0 N–H and O–H groups in total. The van der Waals surface area contributed by atoms with E-state index in [-0.39, 0.29) is 0 Å². The molecule has 3 rings (SSSR count). The van der Waals surface area contributed by atoms with Crippen molar-refractivity contribution in [3.63, 3.8) is 0 Å². The van der Waals surface area contributed by atoms with Crippen LogP contribution in [0.2, 0.25) is 0 Å². The molecule has 2 fully saturated rings. The molecule has 1 aromatic heterocycles. The number of piperidine rings is 1. The molecule has 0 radical (unpaired) electrons. The van der Waals surface area contributed by atoms with Gasteiger partial charge in [0.2, 0.25) is 0 Å². The van der Waals surface area contributed by atoms with Crippen molar-refractivity contribution < 1.29 is 0 Å². The summed E-state index contributed by atoms with van der Waals surface area (Å²) in [4.78, 5) is 9.43. The summed E-state index contributed by atoms with van der Waals surface area (Å²) in [6, 6.07) is 0.911. The van der Waals surface area contributed by atoms with Crippen molar-refractivity contribution in [2.45, 2.75) is 38.8 Å². The van der Waals surface area contributed by atoms with Gasteiger partial charge in [-0.1, -0.05) is 0 Å². The van der Waals surface area contributed by atoms with E-state index in [0.717, 1.165) is 30.9 Å².